The fraction of sp³-hybridized carbons (Fsp3) is 0.333. The monoisotopic (exact) mass is 475 g/mol. The maximum Gasteiger partial charge on any atom is 0.303 e. The third-order valence-electron chi connectivity index (χ3n) is 4.67. The standard InChI is InChI=1S/C18H19ClFN3O5S2/c1-23-15(18(26)21-10-2-5-13(20)12(19)8-10)9-14(22-30(23,27)28)16-6-3-11(29-16)4-7-17(24)25/h2-3,5-6,8,14-15,22H,4,7,9H2,1H3,(H,21,26)(H,24,25). The Labute approximate surface area is 181 Å². The molecule has 1 aromatic heterocycles. The van der Waals surface area contributed by atoms with Gasteiger partial charge in [-0.2, -0.15) is 17.4 Å². The highest BCUT2D eigenvalue weighted by Crippen LogP contribution is 2.33. The van der Waals surface area contributed by atoms with E-state index in [1.807, 2.05) is 0 Å². The second-order valence-electron chi connectivity index (χ2n) is 6.76. The number of aryl methyl sites for hydroxylation is 1. The number of hydrogen-bond donors (Lipinski definition) is 3. The van der Waals surface area contributed by atoms with E-state index >= 15 is 0 Å². The Morgan fingerprint density at radius 2 is 2.10 bits per heavy atom. The van der Waals surface area contributed by atoms with Gasteiger partial charge >= 0.3 is 5.97 Å². The number of carbonyl (C=O) groups excluding carboxylic acids is 1. The van der Waals surface area contributed by atoms with E-state index in [2.05, 4.69) is 10.0 Å². The van der Waals surface area contributed by atoms with Crippen molar-refractivity contribution in [2.75, 3.05) is 12.4 Å². The van der Waals surface area contributed by atoms with Crippen LogP contribution < -0.4 is 10.0 Å². The Morgan fingerprint density at radius 1 is 1.37 bits per heavy atom. The van der Waals surface area contributed by atoms with Crippen LogP contribution in [0.2, 0.25) is 5.02 Å². The third kappa shape index (κ3) is 5.16. The first-order chi connectivity index (χ1) is 14.1. The van der Waals surface area contributed by atoms with Gasteiger partial charge in [0, 0.05) is 22.5 Å². The van der Waals surface area contributed by atoms with Crippen LogP contribution in [0.15, 0.2) is 30.3 Å². The Hall–Kier alpha value is -2.05. The van der Waals surface area contributed by atoms with Crippen LogP contribution in [0.4, 0.5) is 10.1 Å². The van der Waals surface area contributed by atoms with Crippen molar-refractivity contribution in [1.29, 1.82) is 0 Å². The molecule has 1 aliphatic rings. The lowest BCUT2D eigenvalue weighted by molar-refractivity contribution is -0.137. The van der Waals surface area contributed by atoms with Crippen molar-refractivity contribution in [2.24, 2.45) is 0 Å². The quantitative estimate of drug-likeness (QED) is 0.594. The second kappa shape index (κ2) is 8.98. The van der Waals surface area contributed by atoms with Crippen molar-refractivity contribution in [3.8, 4) is 0 Å². The number of carboxylic acids is 1. The summed E-state index contributed by atoms with van der Waals surface area (Å²) < 4.78 is 41.9. The van der Waals surface area contributed by atoms with E-state index in [1.54, 1.807) is 12.1 Å². The van der Waals surface area contributed by atoms with Gasteiger partial charge < -0.3 is 10.4 Å². The molecule has 162 valence electrons. The summed E-state index contributed by atoms with van der Waals surface area (Å²) in [4.78, 5) is 25.0. The van der Waals surface area contributed by atoms with Crippen LogP contribution in [0.1, 0.15) is 28.6 Å². The van der Waals surface area contributed by atoms with Crippen LogP contribution in [-0.2, 0) is 26.2 Å². The molecule has 1 saturated heterocycles. The molecule has 2 unspecified atom stereocenters. The Bertz CT molecular complexity index is 1080. The van der Waals surface area contributed by atoms with Crippen molar-refractivity contribution in [2.45, 2.75) is 31.3 Å². The van der Waals surface area contributed by atoms with E-state index in [-0.39, 0.29) is 23.6 Å². The molecule has 2 heterocycles. The minimum atomic E-state index is -3.93. The summed E-state index contributed by atoms with van der Waals surface area (Å²) in [5.41, 5.74) is 0.249. The molecule has 30 heavy (non-hydrogen) atoms. The van der Waals surface area contributed by atoms with Gasteiger partial charge in [-0.1, -0.05) is 11.6 Å². The van der Waals surface area contributed by atoms with Gasteiger partial charge in [-0.15, -0.1) is 11.3 Å². The largest absolute Gasteiger partial charge is 0.481 e. The zero-order chi connectivity index (χ0) is 22.1. The summed E-state index contributed by atoms with van der Waals surface area (Å²) in [7, 11) is -2.63. The highest BCUT2D eigenvalue weighted by atomic mass is 35.5. The average molecular weight is 476 g/mol. The van der Waals surface area contributed by atoms with Gasteiger partial charge in [-0.05, 0) is 43.2 Å². The molecule has 3 rings (SSSR count). The molecule has 12 heteroatoms. The van der Waals surface area contributed by atoms with E-state index in [4.69, 9.17) is 16.7 Å². The smallest absolute Gasteiger partial charge is 0.303 e. The lowest BCUT2D eigenvalue weighted by Crippen LogP contribution is -2.55. The topological polar surface area (TPSA) is 116 Å². The Morgan fingerprint density at radius 3 is 2.77 bits per heavy atom. The van der Waals surface area contributed by atoms with Gasteiger partial charge in [0.25, 0.3) is 10.2 Å². The van der Waals surface area contributed by atoms with Gasteiger partial charge in [-0.3, -0.25) is 9.59 Å². The number of aliphatic carboxylic acids is 1. The predicted octanol–water partition coefficient (Wildman–Crippen LogP) is 2.78. The number of halogens is 2. The van der Waals surface area contributed by atoms with Crippen LogP contribution in [0.3, 0.4) is 0 Å². The molecule has 0 aliphatic carbocycles. The Kier molecular flexibility index (Phi) is 6.78. The third-order valence-corrected chi connectivity index (χ3v) is 7.81. The maximum atomic E-state index is 13.3. The molecule has 1 aromatic carbocycles. The molecule has 3 N–H and O–H groups in total. The van der Waals surface area contributed by atoms with Gasteiger partial charge in [0.05, 0.1) is 17.5 Å². The second-order valence-corrected chi connectivity index (χ2v) is 10.1. The maximum absolute atomic E-state index is 13.3. The summed E-state index contributed by atoms with van der Waals surface area (Å²) in [6.45, 7) is 0. The van der Waals surface area contributed by atoms with Crippen molar-refractivity contribution >= 4 is 50.7 Å². The molecule has 1 fully saturated rings. The molecule has 0 radical (unpaired) electrons. The Balaban J connectivity index is 1.78. The van der Waals surface area contributed by atoms with Crippen LogP contribution in [0.5, 0.6) is 0 Å². The number of carboxylic acid groups (broad SMARTS) is 1. The summed E-state index contributed by atoms with van der Waals surface area (Å²) in [5.74, 6) is -2.12. The number of rotatable bonds is 6. The molecule has 1 amide bonds. The first kappa shape index (κ1) is 22.6. The van der Waals surface area contributed by atoms with Crippen LogP contribution >= 0.6 is 22.9 Å². The SMILES string of the molecule is CN1C(C(=O)Nc2ccc(F)c(Cl)c2)CC(c2ccc(CCC(=O)O)s2)NS1(=O)=O. The van der Waals surface area contributed by atoms with Crippen molar-refractivity contribution in [1.82, 2.24) is 9.03 Å². The molecule has 1 aliphatic heterocycles. The number of benzene rings is 1. The fourth-order valence-electron chi connectivity index (χ4n) is 3.04. The number of amides is 1. The summed E-state index contributed by atoms with van der Waals surface area (Å²) in [6, 6.07) is 5.53. The number of thiophene rings is 1. The number of nitrogens with zero attached hydrogens (tertiary/aromatic N) is 1. The van der Waals surface area contributed by atoms with Crippen molar-refractivity contribution < 1.29 is 27.5 Å². The number of likely N-dealkylation sites (N-methyl/N-ethyl adjacent to an activating group) is 1. The fourth-order valence-corrected chi connectivity index (χ4v) is 5.64. The number of anilines is 1. The number of hydrogen-bond acceptors (Lipinski definition) is 5. The molecular formula is C18H19ClFN3O5S2. The highest BCUT2D eigenvalue weighted by Gasteiger charge is 2.41. The predicted molar refractivity (Wildman–Crippen MR) is 111 cm³/mol. The molecule has 2 aromatic rings. The molecular weight excluding hydrogens is 457 g/mol. The summed E-state index contributed by atoms with van der Waals surface area (Å²) >= 11 is 7.03. The van der Waals surface area contributed by atoms with Crippen LogP contribution in [-0.4, -0.2) is 42.8 Å². The molecule has 0 saturated carbocycles. The normalized spacial score (nSPS) is 21.3. The number of nitrogens with one attached hydrogen (secondary N) is 2. The zero-order valence-corrected chi connectivity index (χ0v) is 18.2. The van der Waals surface area contributed by atoms with Crippen molar-refractivity contribution in [3.63, 3.8) is 0 Å². The zero-order valence-electron chi connectivity index (χ0n) is 15.8. The molecule has 0 spiro atoms. The van der Waals surface area contributed by atoms with Gasteiger partial charge in [0.2, 0.25) is 5.91 Å². The van der Waals surface area contributed by atoms with E-state index in [0.717, 1.165) is 15.2 Å². The van der Waals surface area contributed by atoms with Crippen LogP contribution in [0, 0.1) is 5.82 Å². The number of carbonyl (C=O) groups is 2. The van der Waals surface area contributed by atoms with E-state index in [0.29, 0.717) is 11.3 Å². The van der Waals surface area contributed by atoms with E-state index in [1.165, 1.54) is 30.5 Å². The van der Waals surface area contributed by atoms with E-state index in [9.17, 15) is 22.4 Å². The lowest BCUT2D eigenvalue weighted by Gasteiger charge is -2.35. The van der Waals surface area contributed by atoms with Gasteiger partial charge in [0.1, 0.15) is 11.9 Å². The summed E-state index contributed by atoms with van der Waals surface area (Å²) in [6.07, 6.45) is 0.480. The lowest BCUT2D eigenvalue weighted by atomic mass is 10.1. The molecule has 2 atom stereocenters. The minimum Gasteiger partial charge on any atom is -0.481 e. The summed E-state index contributed by atoms with van der Waals surface area (Å²) in [5, 5.41) is 11.2. The van der Waals surface area contributed by atoms with E-state index < -0.39 is 40.0 Å². The van der Waals surface area contributed by atoms with Crippen molar-refractivity contribution in [3.05, 3.63) is 50.9 Å². The minimum absolute atomic E-state index is 0.0235. The first-order valence-corrected chi connectivity index (χ1v) is 11.5. The van der Waals surface area contributed by atoms with Crippen LogP contribution in [0.25, 0.3) is 0 Å². The molecule has 0 bridgehead atoms. The average Bonchev–Trinajstić information content (AvgIpc) is 3.14. The van der Waals surface area contributed by atoms with Gasteiger partial charge in [-0.25, -0.2) is 4.39 Å². The highest BCUT2D eigenvalue weighted by molar-refractivity contribution is 7.87. The molecule has 8 nitrogen and oxygen atoms in total. The van der Waals surface area contributed by atoms with Gasteiger partial charge in [0.15, 0.2) is 0 Å². The first-order valence-electron chi connectivity index (χ1n) is 8.88.